The van der Waals surface area contributed by atoms with E-state index >= 15 is 0 Å². The minimum absolute atomic E-state index is 0.784. The first-order chi connectivity index (χ1) is 9.80. The number of pyridine rings is 1. The van der Waals surface area contributed by atoms with E-state index in [1.54, 1.807) is 0 Å². The monoisotopic (exact) mass is 269 g/mol. The van der Waals surface area contributed by atoms with Gasteiger partial charge in [-0.05, 0) is 24.9 Å². The number of hydrogen-bond acceptors (Lipinski definition) is 3. The van der Waals surface area contributed by atoms with Crippen molar-refractivity contribution in [3.8, 4) is 0 Å². The van der Waals surface area contributed by atoms with Gasteiger partial charge in [0.25, 0.3) is 0 Å². The summed E-state index contributed by atoms with van der Waals surface area (Å²) in [6.07, 6.45) is 3.04. The summed E-state index contributed by atoms with van der Waals surface area (Å²) in [4.78, 5) is 7.14. The Labute approximate surface area is 121 Å². The fraction of sp³-hybridized carbons (Fsp3) is 0.353. The van der Waals surface area contributed by atoms with Crippen molar-refractivity contribution in [1.82, 2.24) is 10.3 Å². The lowest BCUT2D eigenvalue weighted by Crippen LogP contribution is -2.26. The minimum atomic E-state index is 0.784. The van der Waals surface area contributed by atoms with Crippen molar-refractivity contribution in [3.63, 3.8) is 0 Å². The molecule has 0 unspecified atom stereocenters. The minimum Gasteiger partial charge on any atom is -0.352 e. The molecule has 0 aliphatic heterocycles. The Hall–Kier alpha value is -1.87. The zero-order valence-corrected chi connectivity index (χ0v) is 12.4. The second-order valence-electron chi connectivity index (χ2n) is 4.92. The summed E-state index contributed by atoms with van der Waals surface area (Å²) >= 11 is 0. The smallest absolute Gasteiger partial charge is 0.137 e. The zero-order chi connectivity index (χ0) is 14.4. The van der Waals surface area contributed by atoms with E-state index in [4.69, 9.17) is 4.98 Å². The van der Waals surface area contributed by atoms with Crippen LogP contribution < -0.4 is 10.2 Å². The van der Waals surface area contributed by atoms with Crippen LogP contribution in [0.4, 0.5) is 5.82 Å². The number of nitrogens with zero attached hydrogens (tertiary/aromatic N) is 2. The molecule has 0 amide bonds. The summed E-state index contributed by atoms with van der Waals surface area (Å²) < 4.78 is 0. The fourth-order valence-corrected chi connectivity index (χ4v) is 2.46. The molecule has 0 saturated carbocycles. The van der Waals surface area contributed by atoms with Crippen LogP contribution in [0.2, 0.25) is 0 Å². The number of anilines is 1. The van der Waals surface area contributed by atoms with Gasteiger partial charge in [0.2, 0.25) is 0 Å². The fourth-order valence-electron chi connectivity index (χ4n) is 2.46. The van der Waals surface area contributed by atoms with Crippen LogP contribution in [0.25, 0.3) is 10.8 Å². The second-order valence-corrected chi connectivity index (χ2v) is 4.92. The molecule has 0 bridgehead atoms. The molecular formula is C17H23N3. The first-order valence-corrected chi connectivity index (χ1v) is 7.19. The van der Waals surface area contributed by atoms with Crippen molar-refractivity contribution in [3.05, 3.63) is 48.7 Å². The van der Waals surface area contributed by atoms with Gasteiger partial charge in [-0.1, -0.05) is 37.3 Å². The molecule has 1 heterocycles. The topological polar surface area (TPSA) is 28.2 Å². The van der Waals surface area contributed by atoms with Crippen LogP contribution in [0, 0.1) is 0 Å². The summed E-state index contributed by atoms with van der Waals surface area (Å²) in [6, 6.07) is 10.6. The summed E-state index contributed by atoms with van der Waals surface area (Å²) in [5.74, 6) is 1.06. The molecule has 106 valence electrons. The Morgan fingerprint density at radius 3 is 2.85 bits per heavy atom. The average Bonchev–Trinajstić information content (AvgIpc) is 2.46. The lowest BCUT2D eigenvalue weighted by Gasteiger charge is -2.24. The molecule has 3 nitrogen and oxygen atoms in total. The molecule has 2 rings (SSSR count). The van der Waals surface area contributed by atoms with E-state index in [1.165, 1.54) is 10.8 Å². The molecule has 20 heavy (non-hydrogen) atoms. The normalized spacial score (nSPS) is 10.7. The summed E-state index contributed by atoms with van der Waals surface area (Å²) in [7, 11) is 1.95. The van der Waals surface area contributed by atoms with Gasteiger partial charge in [0.1, 0.15) is 5.82 Å². The quantitative estimate of drug-likeness (QED) is 0.781. The van der Waals surface area contributed by atoms with Gasteiger partial charge in [0.05, 0.1) is 5.69 Å². The maximum absolute atomic E-state index is 4.84. The van der Waals surface area contributed by atoms with Gasteiger partial charge < -0.3 is 10.2 Å². The van der Waals surface area contributed by atoms with E-state index < -0.39 is 0 Å². The van der Waals surface area contributed by atoms with E-state index in [0.717, 1.165) is 37.6 Å². The van der Waals surface area contributed by atoms with Crippen molar-refractivity contribution >= 4 is 16.6 Å². The molecule has 1 N–H and O–H groups in total. The molecule has 0 saturated heterocycles. The van der Waals surface area contributed by atoms with E-state index in [2.05, 4.69) is 54.1 Å². The highest BCUT2D eigenvalue weighted by molar-refractivity contribution is 5.92. The van der Waals surface area contributed by atoms with Crippen LogP contribution in [0.15, 0.2) is 43.0 Å². The van der Waals surface area contributed by atoms with Crippen molar-refractivity contribution in [1.29, 1.82) is 0 Å². The maximum atomic E-state index is 4.84. The van der Waals surface area contributed by atoms with Crippen LogP contribution in [0.5, 0.6) is 0 Å². The highest BCUT2D eigenvalue weighted by Gasteiger charge is 2.11. The number of fused-ring (bicyclic) bond motifs is 1. The summed E-state index contributed by atoms with van der Waals surface area (Å²) in [5.41, 5.74) is 1.08. The summed E-state index contributed by atoms with van der Waals surface area (Å²) in [6.45, 7) is 8.66. The van der Waals surface area contributed by atoms with Crippen LogP contribution in [0.1, 0.15) is 19.0 Å². The molecule has 3 heteroatoms. The van der Waals surface area contributed by atoms with Gasteiger partial charge in [-0.3, -0.25) is 0 Å². The molecule has 1 aromatic heterocycles. The van der Waals surface area contributed by atoms with Gasteiger partial charge in [-0.2, -0.15) is 0 Å². The molecule has 0 radical (unpaired) electrons. The van der Waals surface area contributed by atoms with E-state index in [1.807, 2.05) is 13.1 Å². The Morgan fingerprint density at radius 2 is 2.15 bits per heavy atom. The molecule has 1 aromatic carbocycles. The van der Waals surface area contributed by atoms with E-state index in [-0.39, 0.29) is 0 Å². The van der Waals surface area contributed by atoms with Crippen LogP contribution >= 0.6 is 0 Å². The number of rotatable bonds is 7. The number of hydrogen-bond donors (Lipinski definition) is 1. The Morgan fingerprint density at radius 1 is 1.35 bits per heavy atom. The Balaban J connectivity index is 2.54. The maximum Gasteiger partial charge on any atom is 0.137 e. The van der Waals surface area contributed by atoms with Gasteiger partial charge in [-0.15, -0.1) is 6.58 Å². The van der Waals surface area contributed by atoms with Crippen LogP contribution in [-0.2, 0) is 6.54 Å². The molecule has 0 aliphatic carbocycles. The van der Waals surface area contributed by atoms with Gasteiger partial charge >= 0.3 is 0 Å². The van der Waals surface area contributed by atoms with Crippen molar-refractivity contribution in [2.45, 2.75) is 19.9 Å². The first-order valence-electron chi connectivity index (χ1n) is 7.19. The van der Waals surface area contributed by atoms with Gasteiger partial charge in [-0.25, -0.2) is 4.98 Å². The average molecular weight is 269 g/mol. The second kappa shape index (κ2) is 7.06. The SMILES string of the molecule is C=CCN(CCC)c1nc(CNC)cc2ccccc12. The van der Waals surface area contributed by atoms with Crippen LogP contribution in [0.3, 0.4) is 0 Å². The van der Waals surface area contributed by atoms with Crippen molar-refractivity contribution < 1.29 is 0 Å². The highest BCUT2D eigenvalue weighted by Crippen LogP contribution is 2.26. The third-order valence-electron chi connectivity index (χ3n) is 3.27. The Kier molecular flexibility index (Phi) is 5.13. The predicted molar refractivity (Wildman–Crippen MR) is 87.2 cm³/mol. The van der Waals surface area contributed by atoms with E-state index in [9.17, 15) is 0 Å². The first kappa shape index (κ1) is 14.5. The van der Waals surface area contributed by atoms with Crippen LogP contribution in [-0.4, -0.2) is 25.1 Å². The molecule has 0 atom stereocenters. The molecular weight excluding hydrogens is 246 g/mol. The largest absolute Gasteiger partial charge is 0.352 e. The predicted octanol–water partition coefficient (Wildman–Crippen LogP) is 3.36. The molecule has 0 aliphatic rings. The lowest BCUT2D eigenvalue weighted by molar-refractivity contribution is 0.772. The van der Waals surface area contributed by atoms with Crippen molar-refractivity contribution in [2.24, 2.45) is 0 Å². The highest BCUT2D eigenvalue weighted by atomic mass is 15.2. The molecule has 0 spiro atoms. The number of aromatic nitrogens is 1. The molecule has 0 fully saturated rings. The number of benzene rings is 1. The summed E-state index contributed by atoms with van der Waals surface area (Å²) in [5, 5.41) is 5.63. The van der Waals surface area contributed by atoms with Gasteiger partial charge in [0, 0.05) is 25.0 Å². The Bertz CT molecular complexity index is 577. The van der Waals surface area contributed by atoms with Gasteiger partial charge in [0.15, 0.2) is 0 Å². The van der Waals surface area contributed by atoms with Crippen molar-refractivity contribution in [2.75, 3.05) is 25.0 Å². The lowest BCUT2D eigenvalue weighted by atomic mass is 10.1. The standard InChI is InChI=1S/C17H23N3/c1-4-10-20(11-5-2)17-16-9-7-6-8-14(16)12-15(19-17)13-18-3/h4,6-9,12,18H,1,5,10-11,13H2,2-3H3. The number of nitrogens with one attached hydrogen (secondary N) is 1. The zero-order valence-electron chi connectivity index (χ0n) is 12.4. The van der Waals surface area contributed by atoms with E-state index in [0.29, 0.717) is 0 Å². The molecule has 2 aromatic rings. The third-order valence-corrected chi connectivity index (χ3v) is 3.27. The third kappa shape index (κ3) is 3.17.